The van der Waals surface area contributed by atoms with Crippen molar-refractivity contribution in [2.24, 2.45) is 11.8 Å². The lowest BCUT2D eigenvalue weighted by atomic mass is 9.88. The van der Waals surface area contributed by atoms with Gasteiger partial charge in [-0.3, -0.25) is 14.4 Å². The lowest BCUT2D eigenvalue weighted by molar-refractivity contribution is -0.121. The summed E-state index contributed by atoms with van der Waals surface area (Å²) in [5.74, 6) is -0.504. The second-order valence-electron chi connectivity index (χ2n) is 6.74. The Kier molecular flexibility index (Phi) is 4.05. The van der Waals surface area contributed by atoms with Crippen LogP contribution in [0.2, 0.25) is 0 Å². The highest BCUT2D eigenvalue weighted by molar-refractivity contribution is 6.34. The van der Waals surface area contributed by atoms with E-state index in [4.69, 9.17) is 0 Å². The molecule has 1 unspecified atom stereocenters. The van der Waals surface area contributed by atoms with Crippen molar-refractivity contribution in [1.82, 2.24) is 5.32 Å². The molecular formula is C20H19N3O3. The molecule has 2 aliphatic rings. The minimum Gasteiger partial charge on any atom is -0.326 e. The number of hydrogen-bond donors (Lipinski definition) is 2. The van der Waals surface area contributed by atoms with Gasteiger partial charge in [0.1, 0.15) is 0 Å². The molecule has 6 heteroatoms. The number of rotatable bonds is 4. The fraction of sp³-hybridized carbons (Fsp3) is 0.250. The summed E-state index contributed by atoms with van der Waals surface area (Å²) in [6, 6.07) is 13.6. The summed E-state index contributed by atoms with van der Waals surface area (Å²) < 4.78 is 0. The van der Waals surface area contributed by atoms with Crippen LogP contribution in [0.4, 0.5) is 11.4 Å². The normalized spacial score (nSPS) is 17.7. The third kappa shape index (κ3) is 2.68. The summed E-state index contributed by atoms with van der Waals surface area (Å²) in [6.07, 6.45) is 0. The zero-order valence-corrected chi connectivity index (χ0v) is 14.4. The van der Waals surface area contributed by atoms with Gasteiger partial charge >= 0.3 is 0 Å². The van der Waals surface area contributed by atoms with Crippen molar-refractivity contribution >= 4 is 29.1 Å². The first-order valence-electron chi connectivity index (χ1n) is 8.65. The SMILES string of the molecule is CC(C(=O)Nc1cccc(N2C(=O)c3ccccc3C2=O)c1)C1CNC1. The summed E-state index contributed by atoms with van der Waals surface area (Å²) in [4.78, 5) is 38.7. The molecule has 2 aliphatic heterocycles. The predicted octanol–water partition coefficient (Wildman–Crippen LogP) is 2.28. The van der Waals surface area contributed by atoms with Crippen LogP contribution in [0.1, 0.15) is 27.6 Å². The molecule has 1 saturated heterocycles. The van der Waals surface area contributed by atoms with Crippen LogP contribution in [0.5, 0.6) is 0 Å². The first kappa shape index (κ1) is 16.5. The predicted molar refractivity (Wildman–Crippen MR) is 98.2 cm³/mol. The average Bonchev–Trinajstić information content (AvgIpc) is 2.85. The van der Waals surface area contributed by atoms with E-state index in [-0.39, 0.29) is 23.6 Å². The summed E-state index contributed by atoms with van der Waals surface area (Å²) in [5, 5.41) is 6.05. The van der Waals surface area contributed by atoms with Crippen molar-refractivity contribution in [2.75, 3.05) is 23.3 Å². The number of hydrogen-bond acceptors (Lipinski definition) is 4. The molecular weight excluding hydrogens is 330 g/mol. The molecule has 2 heterocycles. The molecule has 2 aromatic rings. The summed E-state index contributed by atoms with van der Waals surface area (Å²) >= 11 is 0. The molecule has 1 atom stereocenters. The Balaban J connectivity index is 1.56. The number of anilines is 2. The molecule has 4 rings (SSSR count). The zero-order chi connectivity index (χ0) is 18.3. The Morgan fingerprint density at radius 2 is 1.73 bits per heavy atom. The van der Waals surface area contributed by atoms with Crippen LogP contribution in [-0.2, 0) is 4.79 Å². The average molecular weight is 349 g/mol. The van der Waals surface area contributed by atoms with E-state index in [9.17, 15) is 14.4 Å². The maximum Gasteiger partial charge on any atom is 0.266 e. The molecule has 0 radical (unpaired) electrons. The monoisotopic (exact) mass is 349 g/mol. The number of imide groups is 1. The minimum atomic E-state index is -0.344. The van der Waals surface area contributed by atoms with Crippen molar-refractivity contribution in [3.8, 4) is 0 Å². The number of amides is 3. The second kappa shape index (κ2) is 6.38. The Labute approximate surface area is 151 Å². The van der Waals surface area contributed by atoms with Gasteiger partial charge < -0.3 is 10.6 Å². The highest BCUT2D eigenvalue weighted by Crippen LogP contribution is 2.30. The fourth-order valence-corrected chi connectivity index (χ4v) is 3.28. The number of nitrogens with one attached hydrogen (secondary N) is 2. The number of fused-ring (bicyclic) bond motifs is 1. The molecule has 0 spiro atoms. The Morgan fingerprint density at radius 1 is 1.08 bits per heavy atom. The highest BCUT2D eigenvalue weighted by atomic mass is 16.2. The van der Waals surface area contributed by atoms with Gasteiger partial charge in [0.15, 0.2) is 0 Å². The van der Waals surface area contributed by atoms with E-state index in [0.29, 0.717) is 28.4 Å². The van der Waals surface area contributed by atoms with E-state index in [0.717, 1.165) is 18.0 Å². The molecule has 6 nitrogen and oxygen atoms in total. The Hall–Kier alpha value is -2.99. The molecule has 0 aromatic heterocycles. The van der Waals surface area contributed by atoms with E-state index in [2.05, 4.69) is 10.6 Å². The number of nitrogens with zero attached hydrogens (tertiary/aromatic N) is 1. The van der Waals surface area contributed by atoms with E-state index in [1.165, 1.54) is 0 Å². The van der Waals surface area contributed by atoms with Crippen LogP contribution >= 0.6 is 0 Å². The quantitative estimate of drug-likeness (QED) is 0.830. The largest absolute Gasteiger partial charge is 0.326 e. The van der Waals surface area contributed by atoms with Gasteiger partial charge in [-0.1, -0.05) is 25.1 Å². The van der Waals surface area contributed by atoms with Crippen molar-refractivity contribution in [1.29, 1.82) is 0 Å². The standard InChI is InChI=1S/C20H19N3O3/c1-12(13-10-21-11-13)18(24)22-14-5-4-6-15(9-14)23-19(25)16-7-2-3-8-17(16)20(23)26/h2-9,12-13,21H,10-11H2,1H3,(H,22,24). The molecule has 1 fully saturated rings. The maximum absolute atomic E-state index is 12.6. The third-order valence-corrected chi connectivity index (χ3v) is 5.10. The molecule has 0 bridgehead atoms. The summed E-state index contributed by atoms with van der Waals surface area (Å²) in [5.41, 5.74) is 1.83. The van der Waals surface area contributed by atoms with Gasteiger partial charge in [-0.2, -0.15) is 0 Å². The van der Waals surface area contributed by atoms with E-state index >= 15 is 0 Å². The van der Waals surface area contributed by atoms with Crippen LogP contribution < -0.4 is 15.5 Å². The topological polar surface area (TPSA) is 78.5 Å². The van der Waals surface area contributed by atoms with E-state index in [1.54, 1.807) is 48.5 Å². The second-order valence-corrected chi connectivity index (χ2v) is 6.74. The van der Waals surface area contributed by atoms with Gasteiger partial charge in [0, 0.05) is 11.6 Å². The smallest absolute Gasteiger partial charge is 0.266 e. The Morgan fingerprint density at radius 3 is 2.31 bits per heavy atom. The minimum absolute atomic E-state index is 0.0592. The lowest BCUT2D eigenvalue weighted by Crippen LogP contribution is -2.48. The van der Waals surface area contributed by atoms with Crippen LogP contribution in [0.15, 0.2) is 48.5 Å². The third-order valence-electron chi connectivity index (χ3n) is 5.10. The summed E-state index contributed by atoms with van der Waals surface area (Å²) in [6.45, 7) is 3.61. The molecule has 2 aromatic carbocycles. The molecule has 0 saturated carbocycles. The van der Waals surface area contributed by atoms with Crippen molar-refractivity contribution in [3.63, 3.8) is 0 Å². The first-order valence-corrected chi connectivity index (χ1v) is 8.65. The molecule has 26 heavy (non-hydrogen) atoms. The van der Waals surface area contributed by atoms with Crippen LogP contribution in [0, 0.1) is 11.8 Å². The fourth-order valence-electron chi connectivity index (χ4n) is 3.28. The molecule has 132 valence electrons. The molecule has 0 aliphatic carbocycles. The Bertz CT molecular complexity index is 870. The van der Waals surface area contributed by atoms with Crippen LogP contribution in [-0.4, -0.2) is 30.8 Å². The molecule has 3 amide bonds. The van der Waals surface area contributed by atoms with E-state index < -0.39 is 0 Å². The van der Waals surface area contributed by atoms with Crippen molar-refractivity contribution < 1.29 is 14.4 Å². The zero-order valence-electron chi connectivity index (χ0n) is 14.4. The van der Waals surface area contributed by atoms with Gasteiger partial charge in [-0.05, 0) is 49.3 Å². The number of carbonyl (C=O) groups is 3. The van der Waals surface area contributed by atoms with E-state index in [1.807, 2.05) is 6.92 Å². The summed E-state index contributed by atoms with van der Waals surface area (Å²) in [7, 11) is 0. The van der Waals surface area contributed by atoms with Gasteiger partial charge in [-0.25, -0.2) is 4.90 Å². The van der Waals surface area contributed by atoms with Crippen molar-refractivity contribution in [2.45, 2.75) is 6.92 Å². The number of carbonyl (C=O) groups excluding carboxylic acids is 3. The highest BCUT2D eigenvalue weighted by Gasteiger charge is 2.36. The van der Waals surface area contributed by atoms with Gasteiger partial charge in [0.25, 0.3) is 11.8 Å². The van der Waals surface area contributed by atoms with Gasteiger partial charge in [0.05, 0.1) is 16.8 Å². The first-order chi connectivity index (χ1) is 12.6. The van der Waals surface area contributed by atoms with Crippen molar-refractivity contribution in [3.05, 3.63) is 59.7 Å². The number of benzene rings is 2. The van der Waals surface area contributed by atoms with Gasteiger partial charge in [0.2, 0.25) is 5.91 Å². The van der Waals surface area contributed by atoms with Crippen LogP contribution in [0.3, 0.4) is 0 Å². The lowest BCUT2D eigenvalue weighted by Gasteiger charge is -2.31. The molecule has 2 N–H and O–H groups in total. The van der Waals surface area contributed by atoms with Gasteiger partial charge in [-0.15, -0.1) is 0 Å². The maximum atomic E-state index is 12.6. The van der Waals surface area contributed by atoms with Crippen LogP contribution in [0.25, 0.3) is 0 Å².